The average Bonchev–Trinajstić information content (AvgIpc) is 2.97. The first kappa shape index (κ1) is 24.3. The van der Waals surface area contributed by atoms with Crippen molar-refractivity contribution in [3.05, 3.63) is 58.6 Å². The molecule has 9 nitrogen and oxygen atoms in total. The van der Waals surface area contributed by atoms with E-state index in [1.807, 2.05) is 31.2 Å². The number of halogens is 1. The predicted molar refractivity (Wildman–Crippen MR) is 123 cm³/mol. The zero-order valence-corrected chi connectivity index (χ0v) is 19.2. The van der Waals surface area contributed by atoms with E-state index in [1.54, 1.807) is 21.9 Å². The summed E-state index contributed by atoms with van der Waals surface area (Å²) in [4.78, 5) is 40.9. The van der Waals surface area contributed by atoms with E-state index in [0.717, 1.165) is 5.56 Å². The Hall–Kier alpha value is -3.30. The Kier molecular flexibility index (Phi) is 8.13. The molecule has 2 aromatic rings. The number of aliphatic hydroxyl groups is 1. The summed E-state index contributed by atoms with van der Waals surface area (Å²) in [6.45, 7) is 2.05. The lowest BCUT2D eigenvalue weighted by Gasteiger charge is -2.29. The molecule has 1 atom stereocenters. The molecule has 10 heteroatoms. The topological polar surface area (TPSA) is 108 Å². The number of rotatable bonds is 6. The quantitative estimate of drug-likeness (QED) is 0.621. The second-order valence-electron chi connectivity index (χ2n) is 7.47. The van der Waals surface area contributed by atoms with Crippen molar-refractivity contribution in [2.75, 3.05) is 38.3 Å². The van der Waals surface area contributed by atoms with Crippen molar-refractivity contribution < 1.29 is 29.0 Å². The first-order chi connectivity index (χ1) is 15.8. The number of hydrogen-bond acceptors (Lipinski definition) is 6. The smallest absolute Gasteiger partial charge is 0.325 e. The monoisotopic (exact) mass is 475 g/mol. The molecule has 0 unspecified atom stereocenters. The molecule has 3 amide bonds. The lowest BCUT2D eigenvalue weighted by molar-refractivity contribution is -0.139. The van der Waals surface area contributed by atoms with Crippen LogP contribution in [-0.4, -0.2) is 67.4 Å². The molecule has 1 aliphatic rings. The number of nitrogens with one attached hydrogen (secondary N) is 1. The SMILES string of the molecule is COC(=O)CNC(=O)N1Cc2ccccc2N(C(=O)c2ccc(OCCO)cc2Cl)C[C@H]1C. The number of anilines is 1. The van der Waals surface area contributed by atoms with E-state index in [-0.39, 0.29) is 49.8 Å². The van der Waals surface area contributed by atoms with E-state index < -0.39 is 12.0 Å². The molecule has 2 N–H and O–H groups in total. The summed E-state index contributed by atoms with van der Waals surface area (Å²) in [5, 5.41) is 11.7. The van der Waals surface area contributed by atoms with Gasteiger partial charge in [-0.15, -0.1) is 0 Å². The van der Waals surface area contributed by atoms with Crippen molar-refractivity contribution in [2.24, 2.45) is 0 Å². The fraction of sp³-hybridized carbons (Fsp3) is 0.348. The third-order valence-corrected chi connectivity index (χ3v) is 5.56. The standard InChI is InChI=1S/C23H26ClN3O6/c1-15-13-27(22(30)18-8-7-17(11-19(18)24)33-10-9-28)20-6-4-3-5-16(20)14-26(15)23(31)25-12-21(29)32-2/h3-8,11,15,28H,9-10,12-14H2,1-2H3,(H,25,31)/t15-/m1/s1. The largest absolute Gasteiger partial charge is 0.491 e. The van der Waals surface area contributed by atoms with Crippen molar-refractivity contribution in [3.8, 4) is 5.75 Å². The molecule has 3 rings (SSSR count). The average molecular weight is 476 g/mol. The van der Waals surface area contributed by atoms with Crippen LogP contribution in [0.25, 0.3) is 0 Å². The molecular weight excluding hydrogens is 450 g/mol. The zero-order valence-electron chi connectivity index (χ0n) is 18.4. The van der Waals surface area contributed by atoms with Crippen LogP contribution < -0.4 is 15.0 Å². The second-order valence-corrected chi connectivity index (χ2v) is 7.88. The van der Waals surface area contributed by atoms with Crippen molar-refractivity contribution in [3.63, 3.8) is 0 Å². The van der Waals surface area contributed by atoms with Crippen LogP contribution in [0.1, 0.15) is 22.8 Å². The molecule has 0 radical (unpaired) electrons. The summed E-state index contributed by atoms with van der Waals surface area (Å²) in [5.74, 6) is -0.419. The second kappa shape index (κ2) is 11.0. The highest BCUT2D eigenvalue weighted by molar-refractivity contribution is 6.34. The number of benzene rings is 2. The minimum Gasteiger partial charge on any atom is -0.491 e. The van der Waals surface area contributed by atoms with Crippen LogP contribution in [0.5, 0.6) is 5.75 Å². The summed E-state index contributed by atoms with van der Waals surface area (Å²) in [7, 11) is 1.25. The van der Waals surface area contributed by atoms with Crippen LogP contribution >= 0.6 is 11.6 Å². The summed E-state index contributed by atoms with van der Waals surface area (Å²) in [5.41, 5.74) is 1.75. The summed E-state index contributed by atoms with van der Waals surface area (Å²) in [6.07, 6.45) is 0. The number of fused-ring (bicyclic) bond motifs is 1. The Labute approximate surface area is 196 Å². The number of ether oxygens (including phenoxy) is 2. The van der Waals surface area contributed by atoms with Crippen molar-refractivity contribution in [1.29, 1.82) is 0 Å². The highest BCUT2D eigenvalue weighted by Gasteiger charge is 2.32. The fourth-order valence-electron chi connectivity index (χ4n) is 3.56. The molecule has 0 saturated heterocycles. The van der Waals surface area contributed by atoms with E-state index in [4.69, 9.17) is 21.4 Å². The maximum absolute atomic E-state index is 13.5. The zero-order chi connectivity index (χ0) is 24.0. The fourth-order valence-corrected chi connectivity index (χ4v) is 3.81. The molecule has 0 aromatic heterocycles. The van der Waals surface area contributed by atoms with E-state index in [0.29, 0.717) is 17.0 Å². The van der Waals surface area contributed by atoms with Gasteiger partial charge in [0.05, 0.1) is 24.3 Å². The Morgan fingerprint density at radius 3 is 2.67 bits per heavy atom. The molecule has 0 aliphatic carbocycles. The van der Waals surface area contributed by atoms with E-state index in [9.17, 15) is 14.4 Å². The van der Waals surface area contributed by atoms with Gasteiger partial charge >= 0.3 is 12.0 Å². The maximum Gasteiger partial charge on any atom is 0.325 e. The van der Waals surface area contributed by atoms with E-state index in [1.165, 1.54) is 13.2 Å². The molecule has 1 heterocycles. The summed E-state index contributed by atoms with van der Waals surface area (Å²) >= 11 is 6.38. The normalized spacial score (nSPS) is 15.3. The summed E-state index contributed by atoms with van der Waals surface area (Å²) < 4.78 is 9.93. The van der Waals surface area contributed by atoms with Crippen LogP contribution in [0.4, 0.5) is 10.5 Å². The van der Waals surface area contributed by atoms with Gasteiger partial charge in [0.15, 0.2) is 0 Å². The van der Waals surface area contributed by atoms with Crippen LogP contribution in [0.3, 0.4) is 0 Å². The third-order valence-electron chi connectivity index (χ3n) is 5.25. The third kappa shape index (κ3) is 5.74. The minimum absolute atomic E-state index is 0.120. The van der Waals surface area contributed by atoms with Gasteiger partial charge in [-0.05, 0) is 36.8 Å². The molecule has 0 fully saturated rings. The molecule has 1 aliphatic heterocycles. The van der Waals surface area contributed by atoms with Gasteiger partial charge in [0, 0.05) is 24.8 Å². The number of para-hydroxylation sites is 1. The first-order valence-corrected chi connectivity index (χ1v) is 10.8. The summed E-state index contributed by atoms with van der Waals surface area (Å²) in [6, 6.07) is 11.3. The number of amides is 3. The number of carbonyl (C=O) groups excluding carboxylic acids is 3. The number of aliphatic hydroxyl groups excluding tert-OH is 1. The van der Waals surface area contributed by atoms with Crippen LogP contribution in [0.15, 0.2) is 42.5 Å². The van der Waals surface area contributed by atoms with Gasteiger partial charge in [-0.1, -0.05) is 29.8 Å². The maximum atomic E-state index is 13.5. The van der Waals surface area contributed by atoms with Crippen LogP contribution in [-0.2, 0) is 16.1 Å². The van der Waals surface area contributed by atoms with E-state index >= 15 is 0 Å². The molecule has 0 bridgehead atoms. The lowest BCUT2D eigenvalue weighted by Crippen LogP contribution is -2.49. The minimum atomic E-state index is -0.552. The Bertz CT molecular complexity index is 1030. The molecule has 33 heavy (non-hydrogen) atoms. The molecule has 0 spiro atoms. The highest BCUT2D eigenvalue weighted by atomic mass is 35.5. The Morgan fingerprint density at radius 1 is 1.21 bits per heavy atom. The van der Waals surface area contributed by atoms with Gasteiger partial charge < -0.3 is 29.7 Å². The van der Waals surface area contributed by atoms with Gasteiger partial charge in [-0.2, -0.15) is 0 Å². The highest BCUT2D eigenvalue weighted by Crippen LogP contribution is 2.31. The lowest BCUT2D eigenvalue weighted by atomic mass is 10.1. The first-order valence-electron chi connectivity index (χ1n) is 10.4. The number of methoxy groups -OCH3 is 1. The van der Waals surface area contributed by atoms with Crippen LogP contribution in [0.2, 0.25) is 5.02 Å². The molecule has 0 saturated carbocycles. The number of nitrogens with zero attached hydrogens (tertiary/aromatic N) is 2. The molecule has 176 valence electrons. The van der Waals surface area contributed by atoms with Gasteiger partial charge in [0.1, 0.15) is 18.9 Å². The molecule has 2 aromatic carbocycles. The number of esters is 1. The van der Waals surface area contributed by atoms with Crippen molar-refractivity contribution >= 4 is 35.2 Å². The van der Waals surface area contributed by atoms with Gasteiger partial charge in [0.2, 0.25) is 0 Å². The van der Waals surface area contributed by atoms with Gasteiger partial charge in [-0.3, -0.25) is 9.59 Å². The number of hydrogen-bond donors (Lipinski definition) is 2. The Morgan fingerprint density at radius 2 is 1.97 bits per heavy atom. The number of carbonyl (C=O) groups is 3. The number of urea groups is 1. The predicted octanol–water partition coefficient (Wildman–Crippen LogP) is 2.44. The van der Waals surface area contributed by atoms with Crippen LogP contribution in [0, 0.1) is 0 Å². The molecular formula is C23H26ClN3O6. The van der Waals surface area contributed by atoms with Crippen molar-refractivity contribution in [1.82, 2.24) is 10.2 Å². The van der Waals surface area contributed by atoms with E-state index in [2.05, 4.69) is 10.1 Å². The van der Waals surface area contributed by atoms with Crippen molar-refractivity contribution in [2.45, 2.75) is 19.5 Å². The Balaban J connectivity index is 1.87. The van der Waals surface area contributed by atoms with Gasteiger partial charge in [-0.25, -0.2) is 4.79 Å². The van der Waals surface area contributed by atoms with Gasteiger partial charge in [0.25, 0.3) is 5.91 Å².